The molecule has 2 heterocycles. The predicted molar refractivity (Wildman–Crippen MR) is 124 cm³/mol. The molecule has 158 valence electrons. The lowest BCUT2D eigenvalue weighted by atomic mass is 10.1. The highest BCUT2D eigenvalue weighted by molar-refractivity contribution is 6.14. The fourth-order valence-corrected chi connectivity index (χ4v) is 3.73. The van der Waals surface area contributed by atoms with Crippen molar-refractivity contribution in [1.82, 2.24) is 0 Å². The Kier molecular flexibility index (Phi) is 4.95. The Balaban J connectivity index is 1.45. The van der Waals surface area contributed by atoms with Gasteiger partial charge in [0.15, 0.2) is 0 Å². The number of fused-ring (bicyclic) bond motifs is 2. The SMILES string of the molecule is Cc1ccc2occ(CC(=O)Nc3c(C(=O)Nc4ccccc4)oc4ccccc34)c2c1. The van der Waals surface area contributed by atoms with E-state index in [-0.39, 0.29) is 18.1 Å². The van der Waals surface area contributed by atoms with Gasteiger partial charge >= 0.3 is 0 Å². The normalized spacial score (nSPS) is 11.0. The van der Waals surface area contributed by atoms with Crippen molar-refractivity contribution < 1.29 is 18.4 Å². The molecule has 5 aromatic rings. The summed E-state index contributed by atoms with van der Waals surface area (Å²) >= 11 is 0. The monoisotopic (exact) mass is 424 g/mol. The van der Waals surface area contributed by atoms with E-state index in [1.165, 1.54) is 0 Å². The zero-order chi connectivity index (χ0) is 22.1. The maximum absolute atomic E-state index is 13.0. The number of hydrogen-bond donors (Lipinski definition) is 2. The second kappa shape index (κ2) is 8.07. The van der Waals surface area contributed by atoms with E-state index in [2.05, 4.69) is 10.6 Å². The number of benzene rings is 3. The van der Waals surface area contributed by atoms with E-state index < -0.39 is 5.91 Å². The van der Waals surface area contributed by atoms with Crippen molar-refractivity contribution in [2.45, 2.75) is 13.3 Å². The molecule has 0 aliphatic heterocycles. The minimum Gasteiger partial charge on any atom is -0.464 e. The van der Waals surface area contributed by atoms with Crippen LogP contribution in [-0.4, -0.2) is 11.8 Å². The van der Waals surface area contributed by atoms with Gasteiger partial charge in [0.2, 0.25) is 11.7 Å². The molecule has 6 heteroatoms. The summed E-state index contributed by atoms with van der Waals surface area (Å²) in [6.45, 7) is 1.99. The molecule has 3 aromatic carbocycles. The van der Waals surface area contributed by atoms with Gasteiger partial charge in [-0.25, -0.2) is 0 Å². The quantitative estimate of drug-likeness (QED) is 0.367. The largest absolute Gasteiger partial charge is 0.464 e. The third-order valence-electron chi connectivity index (χ3n) is 5.26. The van der Waals surface area contributed by atoms with Crippen LogP contribution < -0.4 is 10.6 Å². The Bertz CT molecular complexity index is 1450. The van der Waals surface area contributed by atoms with E-state index >= 15 is 0 Å². The van der Waals surface area contributed by atoms with E-state index in [9.17, 15) is 9.59 Å². The van der Waals surface area contributed by atoms with Gasteiger partial charge in [-0.1, -0.05) is 42.0 Å². The number of hydrogen-bond acceptors (Lipinski definition) is 4. The van der Waals surface area contributed by atoms with E-state index in [0.717, 1.165) is 22.1 Å². The molecule has 2 amide bonds. The number of para-hydroxylation sites is 2. The van der Waals surface area contributed by atoms with Crippen molar-refractivity contribution in [3.63, 3.8) is 0 Å². The van der Waals surface area contributed by atoms with Gasteiger partial charge in [-0.05, 0) is 43.3 Å². The van der Waals surface area contributed by atoms with Crippen molar-refractivity contribution in [3.05, 3.63) is 95.9 Å². The molecule has 0 spiro atoms. The molecule has 2 aromatic heterocycles. The molecule has 2 N–H and O–H groups in total. The first-order valence-electron chi connectivity index (χ1n) is 10.2. The van der Waals surface area contributed by atoms with Crippen molar-refractivity contribution in [3.8, 4) is 0 Å². The van der Waals surface area contributed by atoms with Crippen molar-refractivity contribution in [2.24, 2.45) is 0 Å². The van der Waals surface area contributed by atoms with Gasteiger partial charge in [-0.15, -0.1) is 0 Å². The molecule has 6 nitrogen and oxygen atoms in total. The predicted octanol–water partition coefficient (Wildman–Crippen LogP) is 5.92. The van der Waals surface area contributed by atoms with Crippen molar-refractivity contribution >= 4 is 45.1 Å². The highest BCUT2D eigenvalue weighted by Crippen LogP contribution is 2.32. The molecule has 0 unspecified atom stereocenters. The van der Waals surface area contributed by atoms with Crippen LogP contribution in [0.4, 0.5) is 11.4 Å². The van der Waals surface area contributed by atoms with Crippen molar-refractivity contribution in [1.29, 1.82) is 0 Å². The fourth-order valence-electron chi connectivity index (χ4n) is 3.73. The molecule has 0 atom stereocenters. The molecule has 0 saturated carbocycles. The lowest BCUT2D eigenvalue weighted by Crippen LogP contribution is -2.18. The number of anilines is 2. The van der Waals surface area contributed by atoms with Gasteiger partial charge in [0.25, 0.3) is 5.91 Å². The lowest BCUT2D eigenvalue weighted by Gasteiger charge is -2.07. The van der Waals surface area contributed by atoms with Gasteiger partial charge in [0, 0.05) is 22.0 Å². The molecule has 0 fully saturated rings. The molecule has 0 bridgehead atoms. The van der Waals surface area contributed by atoms with E-state index in [0.29, 0.717) is 22.3 Å². The molecule has 0 radical (unpaired) electrons. The number of carbonyl (C=O) groups is 2. The third kappa shape index (κ3) is 3.74. The Labute approximate surface area is 183 Å². The molecular weight excluding hydrogens is 404 g/mol. The number of aryl methyl sites for hydroxylation is 1. The Morgan fingerprint density at radius 1 is 0.844 bits per heavy atom. The molecule has 0 saturated heterocycles. The minimum absolute atomic E-state index is 0.0521. The van der Waals surface area contributed by atoms with Crippen molar-refractivity contribution in [2.75, 3.05) is 10.6 Å². The summed E-state index contributed by atoms with van der Waals surface area (Å²) in [5, 5.41) is 7.25. The van der Waals surface area contributed by atoms with E-state index in [1.54, 1.807) is 24.5 Å². The van der Waals surface area contributed by atoms with Gasteiger partial charge < -0.3 is 19.5 Å². The van der Waals surface area contributed by atoms with E-state index in [1.807, 2.05) is 61.5 Å². The molecular formula is C26H20N2O4. The standard InChI is InChI=1S/C26H20N2O4/c1-16-11-12-21-20(13-16)17(15-31-21)14-23(29)28-24-19-9-5-6-10-22(19)32-25(24)26(30)27-18-7-3-2-4-8-18/h2-13,15H,14H2,1H3,(H,27,30)(H,28,29). The summed E-state index contributed by atoms with van der Waals surface area (Å²) in [6, 6.07) is 22.1. The number of amides is 2. The second-order valence-corrected chi connectivity index (χ2v) is 7.61. The van der Waals surface area contributed by atoms with Crippen LogP contribution in [0.1, 0.15) is 21.7 Å². The maximum atomic E-state index is 13.0. The van der Waals surface area contributed by atoms with Crippen LogP contribution in [0.2, 0.25) is 0 Å². The number of carbonyl (C=O) groups excluding carboxylic acids is 2. The number of rotatable bonds is 5. The van der Waals surface area contributed by atoms with Crippen LogP contribution in [0.15, 0.2) is 87.9 Å². The zero-order valence-corrected chi connectivity index (χ0v) is 17.3. The van der Waals surface area contributed by atoms with Crippen LogP contribution in [0, 0.1) is 6.92 Å². The van der Waals surface area contributed by atoms with E-state index in [4.69, 9.17) is 8.83 Å². The smallest absolute Gasteiger partial charge is 0.293 e. The minimum atomic E-state index is -0.438. The molecule has 0 aliphatic carbocycles. The molecule has 5 rings (SSSR count). The molecule has 32 heavy (non-hydrogen) atoms. The summed E-state index contributed by atoms with van der Waals surface area (Å²) in [6.07, 6.45) is 1.70. The summed E-state index contributed by atoms with van der Waals surface area (Å²) in [7, 11) is 0. The summed E-state index contributed by atoms with van der Waals surface area (Å²) in [4.78, 5) is 25.9. The summed E-state index contributed by atoms with van der Waals surface area (Å²) in [5.74, 6) is -0.655. The number of furan rings is 2. The third-order valence-corrected chi connectivity index (χ3v) is 5.26. The van der Waals surface area contributed by atoms with Crippen LogP contribution in [-0.2, 0) is 11.2 Å². The lowest BCUT2D eigenvalue weighted by molar-refractivity contribution is -0.115. The van der Waals surface area contributed by atoms with Gasteiger partial charge in [0.05, 0.1) is 12.7 Å². The first kappa shape index (κ1) is 19.6. The number of nitrogens with one attached hydrogen (secondary N) is 2. The van der Waals surface area contributed by atoms with Crippen LogP contribution in [0.25, 0.3) is 21.9 Å². The Morgan fingerprint density at radius 3 is 2.47 bits per heavy atom. The summed E-state index contributed by atoms with van der Waals surface area (Å²) < 4.78 is 11.4. The maximum Gasteiger partial charge on any atom is 0.293 e. The first-order valence-corrected chi connectivity index (χ1v) is 10.2. The fraction of sp³-hybridized carbons (Fsp3) is 0.0769. The van der Waals surface area contributed by atoms with Crippen LogP contribution >= 0.6 is 0 Å². The van der Waals surface area contributed by atoms with Crippen LogP contribution in [0.5, 0.6) is 0 Å². The highest BCUT2D eigenvalue weighted by Gasteiger charge is 2.23. The average Bonchev–Trinajstić information content (AvgIpc) is 3.36. The second-order valence-electron chi connectivity index (χ2n) is 7.61. The highest BCUT2D eigenvalue weighted by atomic mass is 16.3. The molecule has 0 aliphatic rings. The Hall–Kier alpha value is -4.32. The average molecular weight is 424 g/mol. The zero-order valence-electron chi connectivity index (χ0n) is 17.3. The van der Waals surface area contributed by atoms with Crippen LogP contribution in [0.3, 0.4) is 0 Å². The van der Waals surface area contributed by atoms with Gasteiger partial charge in [-0.3, -0.25) is 9.59 Å². The summed E-state index contributed by atoms with van der Waals surface area (Å²) in [5.41, 5.74) is 4.10. The topological polar surface area (TPSA) is 84.5 Å². The van der Waals surface area contributed by atoms with Gasteiger partial charge in [-0.2, -0.15) is 0 Å². The Morgan fingerprint density at radius 2 is 1.62 bits per heavy atom. The van der Waals surface area contributed by atoms with Gasteiger partial charge in [0.1, 0.15) is 16.9 Å². The first-order chi connectivity index (χ1) is 15.6.